The van der Waals surface area contributed by atoms with Gasteiger partial charge in [0.1, 0.15) is 0 Å². The Balaban J connectivity index is 3.72. The fourth-order valence-corrected chi connectivity index (χ4v) is 0.921. The van der Waals surface area contributed by atoms with Gasteiger partial charge in [-0.1, -0.05) is 13.8 Å². The SMILES string of the molecule is COC(=O)/C=C/NCC(C)(C)CCO. The molecule has 4 nitrogen and oxygen atoms in total. The highest BCUT2D eigenvalue weighted by molar-refractivity contribution is 5.81. The van der Waals surface area contributed by atoms with E-state index in [2.05, 4.69) is 10.1 Å². The maximum atomic E-state index is 10.7. The second-order valence-corrected chi connectivity index (χ2v) is 3.88. The van der Waals surface area contributed by atoms with Gasteiger partial charge >= 0.3 is 5.97 Å². The summed E-state index contributed by atoms with van der Waals surface area (Å²) in [6.45, 7) is 4.97. The van der Waals surface area contributed by atoms with E-state index in [1.807, 2.05) is 13.8 Å². The smallest absolute Gasteiger partial charge is 0.331 e. The van der Waals surface area contributed by atoms with Gasteiger partial charge in [0.2, 0.25) is 0 Å². The second kappa shape index (κ2) is 6.43. The van der Waals surface area contributed by atoms with Crippen molar-refractivity contribution >= 4 is 5.97 Å². The Hall–Kier alpha value is -1.03. The molecule has 0 amide bonds. The number of methoxy groups -OCH3 is 1. The summed E-state index contributed by atoms with van der Waals surface area (Å²) in [4.78, 5) is 10.7. The van der Waals surface area contributed by atoms with Crippen molar-refractivity contribution in [3.63, 3.8) is 0 Å². The molecule has 82 valence electrons. The van der Waals surface area contributed by atoms with Gasteiger partial charge in [0, 0.05) is 25.4 Å². The molecule has 0 bridgehead atoms. The number of ether oxygens (including phenoxy) is 1. The Morgan fingerprint density at radius 2 is 2.21 bits per heavy atom. The molecule has 0 heterocycles. The van der Waals surface area contributed by atoms with Crippen LogP contribution in [0.4, 0.5) is 0 Å². The number of aliphatic hydroxyl groups excluding tert-OH is 1. The molecule has 0 atom stereocenters. The van der Waals surface area contributed by atoms with Crippen molar-refractivity contribution in [1.82, 2.24) is 5.32 Å². The van der Waals surface area contributed by atoms with Crippen LogP contribution in [0.5, 0.6) is 0 Å². The van der Waals surface area contributed by atoms with Crippen molar-refractivity contribution in [2.75, 3.05) is 20.3 Å². The standard InChI is InChI=1S/C10H19NO3/c1-10(2,5-7-12)8-11-6-4-9(13)14-3/h4,6,11-12H,5,7-8H2,1-3H3/b6-4+. The van der Waals surface area contributed by atoms with Crippen LogP contribution < -0.4 is 5.32 Å². The van der Waals surface area contributed by atoms with E-state index in [0.717, 1.165) is 6.42 Å². The van der Waals surface area contributed by atoms with E-state index in [9.17, 15) is 4.79 Å². The Morgan fingerprint density at radius 3 is 2.71 bits per heavy atom. The van der Waals surface area contributed by atoms with Crippen molar-refractivity contribution in [2.24, 2.45) is 5.41 Å². The number of rotatable bonds is 6. The molecule has 2 N–H and O–H groups in total. The lowest BCUT2D eigenvalue weighted by molar-refractivity contribution is -0.134. The van der Waals surface area contributed by atoms with Gasteiger partial charge < -0.3 is 15.2 Å². The van der Waals surface area contributed by atoms with Crippen LogP contribution in [0.15, 0.2) is 12.3 Å². The van der Waals surface area contributed by atoms with E-state index in [-0.39, 0.29) is 18.0 Å². The van der Waals surface area contributed by atoms with Crippen LogP contribution in [0.1, 0.15) is 20.3 Å². The van der Waals surface area contributed by atoms with Crippen molar-refractivity contribution in [1.29, 1.82) is 0 Å². The predicted molar refractivity (Wildman–Crippen MR) is 54.6 cm³/mol. The molecule has 0 aliphatic heterocycles. The van der Waals surface area contributed by atoms with Gasteiger partial charge in [-0.15, -0.1) is 0 Å². The minimum atomic E-state index is -0.377. The summed E-state index contributed by atoms with van der Waals surface area (Å²) in [7, 11) is 1.34. The summed E-state index contributed by atoms with van der Waals surface area (Å²) in [5.74, 6) is -0.377. The van der Waals surface area contributed by atoms with Gasteiger partial charge in [0.25, 0.3) is 0 Å². The molecule has 0 aliphatic carbocycles. The minimum absolute atomic E-state index is 0.0230. The zero-order chi connectivity index (χ0) is 11.0. The molecule has 14 heavy (non-hydrogen) atoms. The van der Waals surface area contributed by atoms with Gasteiger partial charge in [-0.3, -0.25) is 0 Å². The summed E-state index contributed by atoms with van der Waals surface area (Å²) in [5, 5.41) is 11.7. The number of aliphatic hydroxyl groups is 1. The van der Waals surface area contributed by atoms with E-state index in [0.29, 0.717) is 6.54 Å². The van der Waals surface area contributed by atoms with Crippen LogP contribution >= 0.6 is 0 Å². The molecule has 0 aromatic heterocycles. The van der Waals surface area contributed by atoms with E-state index >= 15 is 0 Å². The molecule has 0 radical (unpaired) electrons. The summed E-state index contributed by atoms with van der Waals surface area (Å²) in [6.07, 6.45) is 3.62. The zero-order valence-corrected chi connectivity index (χ0v) is 9.04. The fraction of sp³-hybridized carbons (Fsp3) is 0.700. The molecule has 0 rings (SSSR count). The summed E-state index contributed by atoms with van der Waals surface area (Å²) >= 11 is 0. The molecule has 0 saturated carbocycles. The van der Waals surface area contributed by atoms with Crippen LogP contribution in [0, 0.1) is 5.41 Å². The lowest BCUT2D eigenvalue weighted by Gasteiger charge is -2.23. The number of nitrogens with one attached hydrogen (secondary N) is 1. The molecular weight excluding hydrogens is 182 g/mol. The summed E-state index contributed by atoms with van der Waals surface area (Å²) in [6, 6.07) is 0. The van der Waals surface area contributed by atoms with E-state index in [4.69, 9.17) is 5.11 Å². The number of esters is 1. The van der Waals surface area contributed by atoms with E-state index < -0.39 is 0 Å². The summed E-state index contributed by atoms with van der Waals surface area (Å²) < 4.78 is 4.42. The van der Waals surface area contributed by atoms with E-state index in [1.54, 1.807) is 6.20 Å². The number of carbonyl (C=O) groups is 1. The first-order chi connectivity index (χ1) is 6.52. The number of hydrogen-bond donors (Lipinski definition) is 2. The summed E-state index contributed by atoms with van der Waals surface area (Å²) in [5.41, 5.74) is 0.0230. The average molecular weight is 201 g/mol. The number of hydrogen-bond acceptors (Lipinski definition) is 4. The Bertz CT molecular complexity index is 200. The maximum Gasteiger partial charge on any atom is 0.331 e. The van der Waals surface area contributed by atoms with Gasteiger partial charge in [0.15, 0.2) is 0 Å². The average Bonchev–Trinajstić information content (AvgIpc) is 2.12. The predicted octanol–water partition coefficient (Wildman–Crippen LogP) is 0.671. The lowest BCUT2D eigenvalue weighted by atomic mass is 9.90. The number of carbonyl (C=O) groups excluding carboxylic acids is 1. The molecule has 0 spiro atoms. The molecule has 0 unspecified atom stereocenters. The quantitative estimate of drug-likeness (QED) is 0.490. The largest absolute Gasteiger partial charge is 0.466 e. The van der Waals surface area contributed by atoms with Crippen LogP contribution in [0.25, 0.3) is 0 Å². The highest BCUT2D eigenvalue weighted by atomic mass is 16.5. The van der Waals surface area contributed by atoms with E-state index in [1.165, 1.54) is 13.2 Å². The highest BCUT2D eigenvalue weighted by Crippen LogP contribution is 2.17. The van der Waals surface area contributed by atoms with Gasteiger partial charge in [0.05, 0.1) is 7.11 Å². The van der Waals surface area contributed by atoms with Gasteiger partial charge in [-0.2, -0.15) is 0 Å². The third-order valence-electron chi connectivity index (χ3n) is 1.91. The first kappa shape index (κ1) is 13.0. The molecule has 0 aliphatic rings. The van der Waals surface area contributed by atoms with Crippen molar-refractivity contribution in [3.8, 4) is 0 Å². The maximum absolute atomic E-state index is 10.7. The van der Waals surface area contributed by atoms with Gasteiger partial charge in [-0.25, -0.2) is 4.79 Å². The fourth-order valence-electron chi connectivity index (χ4n) is 0.921. The third kappa shape index (κ3) is 6.48. The highest BCUT2D eigenvalue weighted by Gasteiger charge is 2.15. The monoisotopic (exact) mass is 201 g/mol. The van der Waals surface area contributed by atoms with Crippen molar-refractivity contribution < 1.29 is 14.6 Å². The Morgan fingerprint density at radius 1 is 1.57 bits per heavy atom. The molecule has 0 saturated heterocycles. The van der Waals surface area contributed by atoms with Crippen molar-refractivity contribution in [2.45, 2.75) is 20.3 Å². The van der Waals surface area contributed by atoms with Crippen LogP contribution in [-0.2, 0) is 9.53 Å². The first-order valence-corrected chi connectivity index (χ1v) is 4.60. The topological polar surface area (TPSA) is 58.6 Å². The molecule has 0 aromatic rings. The molecule has 4 heteroatoms. The molecular formula is C10H19NO3. The van der Waals surface area contributed by atoms with Crippen LogP contribution in [-0.4, -0.2) is 31.3 Å². The molecule has 0 aromatic carbocycles. The first-order valence-electron chi connectivity index (χ1n) is 4.60. The molecule has 0 fully saturated rings. The van der Waals surface area contributed by atoms with Gasteiger partial charge in [-0.05, 0) is 11.8 Å². The minimum Gasteiger partial charge on any atom is -0.466 e. The van der Waals surface area contributed by atoms with Crippen LogP contribution in [0.3, 0.4) is 0 Å². The Labute approximate surface area is 85.0 Å². The third-order valence-corrected chi connectivity index (χ3v) is 1.91. The zero-order valence-electron chi connectivity index (χ0n) is 9.04. The lowest BCUT2D eigenvalue weighted by Crippen LogP contribution is -2.27. The van der Waals surface area contributed by atoms with Crippen LogP contribution in [0.2, 0.25) is 0 Å². The van der Waals surface area contributed by atoms with Crippen molar-refractivity contribution in [3.05, 3.63) is 12.3 Å². The Kier molecular flexibility index (Phi) is 5.95. The normalized spacial score (nSPS) is 11.7. The second-order valence-electron chi connectivity index (χ2n) is 3.88.